The highest BCUT2D eigenvalue weighted by Gasteiger charge is 2.54. The van der Waals surface area contributed by atoms with Crippen LogP contribution in [0.5, 0.6) is 0 Å². The first-order valence-electron chi connectivity index (χ1n) is 25.6. The third-order valence-electron chi connectivity index (χ3n) is 16.0. The fourth-order valence-corrected chi connectivity index (χ4v) is 11.5. The monoisotopic (exact) mass is 1020 g/mol. The Hall–Kier alpha value is -3.77. The highest BCUT2D eigenvalue weighted by Crippen LogP contribution is 2.45. The molecule has 408 valence electrons. The first-order valence-corrected chi connectivity index (χ1v) is 25.6. The number of esters is 1. The molecule has 0 radical (unpaired) electrons. The number of aliphatic hydroxyl groups is 4. The summed E-state index contributed by atoms with van der Waals surface area (Å²) in [6, 6.07) is 3.69. The van der Waals surface area contributed by atoms with Gasteiger partial charge in [-0.25, -0.2) is 9.07 Å². The number of hydrogen-bond acceptors (Lipinski definition) is 17. The fraction of sp³-hybridized carbons (Fsp3) is 0.804. The number of alkyl halides is 1. The van der Waals surface area contributed by atoms with Crippen molar-refractivity contribution in [2.45, 2.75) is 192 Å². The average molecular weight is 1020 g/mol. The topological polar surface area (TPSA) is 254 Å². The summed E-state index contributed by atoms with van der Waals surface area (Å²) in [5.74, 6) is -3.48. The van der Waals surface area contributed by atoms with Crippen molar-refractivity contribution in [1.82, 2.24) is 30.1 Å². The van der Waals surface area contributed by atoms with Gasteiger partial charge in [-0.2, -0.15) is 0 Å². The molecule has 0 bridgehead atoms. The number of carbonyl (C=O) groups is 2. The summed E-state index contributed by atoms with van der Waals surface area (Å²) in [5, 5.41) is 69.9. The zero-order valence-electron chi connectivity index (χ0n) is 44.6. The third-order valence-corrected chi connectivity index (χ3v) is 16.0. The summed E-state index contributed by atoms with van der Waals surface area (Å²) >= 11 is 0. The van der Waals surface area contributed by atoms with Crippen molar-refractivity contribution in [2.75, 3.05) is 47.5 Å². The summed E-state index contributed by atoms with van der Waals surface area (Å²) in [6.45, 7) is 18.2. The predicted molar refractivity (Wildman–Crippen MR) is 265 cm³/mol. The van der Waals surface area contributed by atoms with Crippen molar-refractivity contribution in [1.29, 1.82) is 0 Å². The molecule has 2 aromatic rings. The van der Waals surface area contributed by atoms with Gasteiger partial charge in [0.2, 0.25) is 0 Å². The number of rotatable bonds is 15. The molecule has 3 saturated heterocycles. The minimum atomic E-state index is -1.81. The number of amides is 1. The van der Waals surface area contributed by atoms with E-state index in [1.807, 2.05) is 53.6 Å². The Morgan fingerprint density at radius 3 is 2.33 bits per heavy atom. The number of nitrogens with one attached hydrogen (secondary N) is 1. The van der Waals surface area contributed by atoms with E-state index in [2.05, 4.69) is 20.5 Å². The van der Waals surface area contributed by atoms with Gasteiger partial charge in [-0.1, -0.05) is 32.9 Å². The van der Waals surface area contributed by atoms with Crippen LogP contribution in [0.3, 0.4) is 0 Å². The molecule has 0 spiro atoms. The number of aliphatic hydroxyl groups excluding tert-OH is 2. The summed E-state index contributed by atoms with van der Waals surface area (Å²) in [5.41, 5.74) is -3.72. The molecule has 0 saturated carbocycles. The van der Waals surface area contributed by atoms with Crippen LogP contribution in [0.4, 0.5) is 10.1 Å². The first kappa shape index (κ1) is 59.1. The second kappa shape index (κ2) is 24.7. The lowest BCUT2D eigenvalue weighted by atomic mass is 9.68. The van der Waals surface area contributed by atoms with E-state index in [-0.39, 0.29) is 55.1 Å². The number of carbonyl (C=O) groups excluding carboxylic acids is 2. The number of hydrogen-bond donors (Lipinski definition) is 5. The number of nitrogens with zero attached hydrogens (tertiary/aromatic N) is 6. The number of nitro groups is 1. The molecule has 1 aromatic carbocycles. The standard InChI is InChI=1S/C51H84FN7O13/c1-14-41-51(10,65)44(60)33(6)57(12)27-29(2)23-49(8,64)46(31(4)43(32(5)48(63)71-41)40-24-50(9,68-13)45(61)34(7)70-40)72-42-22-38(21-30(3)69-42)56(11)20-19-36-28-58(55-54-36)39(25-52)26-53-47(62)35-15-17-37(18-16-35)59(66)67/h15-18,28-34,38-46,60-61,64-65H,14,19-27H2,1-13H3,(H,53,62)/t29-,30-,31+,32-,33-,34+,38+,39?,40-,41-,42+,43?,44-,45+,46-,49-,50-,51-/m1/s1. The molecule has 0 aliphatic carbocycles. The molecule has 5 N–H and O–H groups in total. The van der Waals surface area contributed by atoms with Crippen molar-refractivity contribution < 1.29 is 63.0 Å². The molecule has 72 heavy (non-hydrogen) atoms. The Morgan fingerprint density at radius 1 is 1.06 bits per heavy atom. The molecule has 18 atom stereocenters. The van der Waals surface area contributed by atoms with Crippen molar-refractivity contribution in [3.05, 3.63) is 51.8 Å². The van der Waals surface area contributed by atoms with E-state index in [4.69, 9.17) is 23.7 Å². The van der Waals surface area contributed by atoms with Crippen molar-refractivity contribution in [3.63, 3.8) is 0 Å². The van der Waals surface area contributed by atoms with Crippen LogP contribution in [0.2, 0.25) is 0 Å². The van der Waals surface area contributed by atoms with Crippen LogP contribution in [0.1, 0.15) is 123 Å². The highest BCUT2D eigenvalue weighted by atomic mass is 19.1. The predicted octanol–water partition coefficient (Wildman–Crippen LogP) is 4.26. The van der Waals surface area contributed by atoms with Crippen LogP contribution in [0.15, 0.2) is 30.5 Å². The van der Waals surface area contributed by atoms with E-state index in [1.54, 1.807) is 33.9 Å². The number of likely N-dealkylation sites (N-methyl/N-ethyl adjacent to an activating group) is 2. The summed E-state index contributed by atoms with van der Waals surface area (Å²) < 4.78 is 48.1. The lowest BCUT2D eigenvalue weighted by molar-refractivity contribution is -0.384. The number of nitro benzene ring substituents is 1. The zero-order chi connectivity index (χ0) is 53.6. The number of benzene rings is 1. The van der Waals surface area contributed by atoms with E-state index in [0.717, 1.165) is 0 Å². The Bertz CT molecular complexity index is 2080. The van der Waals surface area contributed by atoms with Crippen LogP contribution in [-0.4, -0.2) is 187 Å². The lowest BCUT2D eigenvalue weighted by Gasteiger charge is -2.51. The van der Waals surface area contributed by atoms with Gasteiger partial charge in [-0.3, -0.25) is 19.7 Å². The maximum atomic E-state index is 14.6. The smallest absolute Gasteiger partial charge is 0.309 e. The molecule has 5 rings (SSSR count). The number of aromatic nitrogens is 3. The molecule has 20 nitrogen and oxygen atoms in total. The second-order valence-electron chi connectivity index (χ2n) is 21.9. The lowest BCUT2D eigenvalue weighted by Crippen LogP contribution is -2.61. The molecule has 21 heteroatoms. The van der Waals surface area contributed by atoms with Gasteiger partial charge in [0.15, 0.2) is 6.29 Å². The van der Waals surface area contributed by atoms with Gasteiger partial charge < -0.3 is 59.2 Å². The van der Waals surface area contributed by atoms with Gasteiger partial charge in [-0.15, -0.1) is 5.10 Å². The van der Waals surface area contributed by atoms with Crippen molar-refractivity contribution in [3.8, 4) is 0 Å². The van der Waals surface area contributed by atoms with Crippen LogP contribution >= 0.6 is 0 Å². The maximum absolute atomic E-state index is 14.6. The molecule has 1 aromatic heterocycles. The Labute approximate surface area is 424 Å². The fourth-order valence-electron chi connectivity index (χ4n) is 11.5. The number of ether oxygens (including phenoxy) is 5. The maximum Gasteiger partial charge on any atom is 0.309 e. The van der Waals surface area contributed by atoms with E-state index in [0.29, 0.717) is 38.0 Å². The minimum absolute atomic E-state index is 0.0417. The third kappa shape index (κ3) is 13.9. The molecule has 1 amide bonds. The quantitative estimate of drug-likeness (QED) is 0.0950. The number of methoxy groups -OCH3 is 1. The number of halogens is 1. The number of cyclic esters (lactones) is 1. The zero-order valence-corrected chi connectivity index (χ0v) is 44.6. The molecular formula is C51H84FN7O13. The van der Waals surface area contributed by atoms with E-state index in [1.165, 1.54) is 43.0 Å². The highest BCUT2D eigenvalue weighted by molar-refractivity contribution is 5.94. The molecule has 3 aliphatic heterocycles. The van der Waals surface area contributed by atoms with Crippen LogP contribution in [-0.2, 0) is 34.9 Å². The molecular weight excluding hydrogens is 938 g/mol. The molecule has 2 unspecified atom stereocenters. The molecule has 3 aliphatic rings. The first-order chi connectivity index (χ1) is 33.7. The van der Waals surface area contributed by atoms with Crippen LogP contribution in [0.25, 0.3) is 0 Å². The Morgan fingerprint density at radius 2 is 1.72 bits per heavy atom. The van der Waals surface area contributed by atoms with Gasteiger partial charge in [0.25, 0.3) is 11.6 Å². The van der Waals surface area contributed by atoms with Gasteiger partial charge in [0.05, 0.1) is 58.2 Å². The number of non-ortho nitro benzene ring substituents is 1. The Kier molecular flexibility index (Phi) is 20.3. The van der Waals surface area contributed by atoms with Crippen LogP contribution in [0, 0.1) is 33.8 Å². The van der Waals surface area contributed by atoms with Gasteiger partial charge in [0.1, 0.15) is 30.6 Å². The van der Waals surface area contributed by atoms with Gasteiger partial charge >= 0.3 is 5.97 Å². The SMILES string of the molecule is CC[C@H]1OC(=O)[C@H](C)C([C@H]2C[C@@](C)(OC)[C@@H](O)[C@H](C)O2)[C@H](C)[C@@H](O[C@H]2C[C@@H](N(C)CCc3cn(C(CF)CNC(=O)c4ccc([N+](=O)[O-])cc4)nn3)C[C@@H](C)O2)[C@](C)(O)C[C@@H](C)CN(C)[C@H](C)[C@@H](O)[C@]1(C)O. The minimum Gasteiger partial charge on any atom is -0.459 e. The van der Waals surface area contributed by atoms with E-state index >= 15 is 0 Å². The summed E-state index contributed by atoms with van der Waals surface area (Å²) in [4.78, 5) is 41.9. The molecule has 4 heterocycles. The van der Waals surface area contributed by atoms with E-state index < -0.39 is 113 Å². The van der Waals surface area contributed by atoms with Crippen molar-refractivity contribution >= 4 is 17.6 Å². The summed E-state index contributed by atoms with van der Waals surface area (Å²) in [7, 11) is 5.38. The van der Waals surface area contributed by atoms with Crippen LogP contribution < -0.4 is 5.32 Å². The summed E-state index contributed by atoms with van der Waals surface area (Å²) in [6.07, 6.45) is -2.78. The second-order valence-corrected chi connectivity index (χ2v) is 21.9. The largest absolute Gasteiger partial charge is 0.459 e. The average Bonchev–Trinajstić information content (AvgIpc) is 3.80. The van der Waals surface area contributed by atoms with Gasteiger partial charge in [-0.05, 0) is 98.9 Å². The normalized spacial score (nSPS) is 38.3. The van der Waals surface area contributed by atoms with Crippen molar-refractivity contribution in [2.24, 2.45) is 23.7 Å². The van der Waals surface area contributed by atoms with Gasteiger partial charge in [0, 0.05) is 87.9 Å². The van der Waals surface area contributed by atoms with E-state index in [9.17, 15) is 44.5 Å². The molecule has 3 fully saturated rings. The Balaban J connectivity index is 1.38.